The molecule has 0 saturated heterocycles. The Balaban J connectivity index is 0.000000771. The van der Waals surface area contributed by atoms with Gasteiger partial charge in [-0.15, -0.1) is 0 Å². The quantitative estimate of drug-likeness (QED) is 0.866. The van der Waals surface area contributed by atoms with Gasteiger partial charge in [0.05, 0.1) is 6.10 Å². The molecule has 1 unspecified atom stereocenters. The summed E-state index contributed by atoms with van der Waals surface area (Å²) in [5.41, 5.74) is 2.04. The van der Waals surface area contributed by atoms with Crippen molar-refractivity contribution in [3.8, 4) is 5.75 Å². The van der Waals surface area contributed by atoms with Crippen LogP contribution in [0.25, 0.3) is 0 Å². The number of aryl methyl sites for hydroxylation is 1. The van der Waals surface area contributed by atoms with Crippen LogP contribution in [-0.2, 0) is 11.2 Å². The summed E-state index contributed by atoms with van der Waals surface area (Å²) in [5, 5.41) is 2.79. The lowest BCUT2D eigenvalue weighted by Crippen LogP contribution is -2.21. The van der Waals surface area contributed by atoms with E-state index in [-0.39, 0.29) is 5.91 Å². The Morgan fingerprint density at radius 1 is 1.44 bits per heavy atom. The van der Waals surface area contributed by atoms with Crippen molar-refractivity contribution in [2.45, 2.75) is 53.1 Å². The molecular weight excluding hydrogens is 226 g/mol. The van der Waals surface area contributed by atoms with Gasteiger partial charge in [-0.05, 0) is 43.0 Å². The number of fused-ring (bicyclic) bond motifs is 1. The molecule has 1 amide bonds. The number of hydrogen-bond acceptors (Lipinski definition) is 2. The van der Waals surface area contributed by atoms with E-state index in [1.807, 2.05) is 32.0 Å². The van der Waals surface area contributed by atoms with Gasteiger partial charge in [-0.25, -0.2) is 0 Å². The zero-order valence-corrected chi connectivity index (χ0v) is 11.7. The zero-order chi connectivity index (χ0) is 13.5. The van der Waals surface area contributed by atoms with E-state index < -0.39 is 0 Å². The van der Waals surface area contributed by atoms with Crippen LogP contribution in [0.5, 0.6) is 5.75 Å². The molecule has 0 bridgehead atoms. The summed E-state index contributed by atoms with van der Waals surface area (Å²) in [5.74, 6) is 0.926. The van der Waals surface area contributed by atoms with Crippen molar-refractivity contribution in [1.29, 1.82) is 0 Å². The molecule has 1 aromatic rings. The fourth-order valence-electron chi connectivity index (χ4n) is 2.01. The van der Waals surface area contributed by atoms with E-state index in [0.29, 0.717) is 6.10 Å². The summed E-state index contributed by atoms with van der Waals surface area (Å²) in [7, 11) is 0. The number of benzene rings is 1. The van der Waals surface area contributed by atoms with Gasteiger partial charge in [-0.1, -0.05) is 20.8 Å². The second kappa shape index (κ2) is 7.04. The molecule has 0 radical (unpaired) electrons. The van der Waals surface area contributed by atoms with Gasteiger partial charge in [0.15, 0.2) is 0 Å². The van der Waals surface area contributed by atoms with Gasteiger partial charge in [0.1, 0.15) is 5.75 Å². The van der Waals surface area contributed by atoms with Crippen LogP contribution in [-0.4, -0.2) is 12.0 Å². The topological polar surface area (TPSA) is 38.3 Å². The predicted octanol–water partition coefficient (Wildman–Crippen LogP) is 3.77. The Labute approximate surface area is 110 Å². The number of nitrogens with one attached hydrogen (secondary N) is 1. The lowest BCUT2D eigenvalue weighted by Gasteiger charge is -2.25. The lowest BCUT2D eigenvalue weighted by atomic mass is 10.0. The third-order valence-electron chi connectivity index (χ3n) is 2.87. The van der Waals surface area contributed by atoms with Gasteiger partial charge in [0.25, 0.3) is 0 Å². The molecule has 0 aromatic heterocycles. The number of carbonyl (C=O) groups excluding carboxylic acids is 1. The van der Waals surface area contributed by atoms with Crippen LogP contribution >= 0.6 is 0 Å². The molecule has 0 saturated carbocycles. The molecule has 1 aromatic carbocycles. The van der Waals surface area contributed by atoms with Gasteiger partial charge in [0.2, 0.25) is 5.91 Å². The summed E-state index contributed by atoms with van der Waals surface area (Å²) in [4.78, 5) is 10.9. The van der Waals surface area contributed by atoms with Crippen molar-refractivity contribution in [3.63, 3.8) is 0 Å². The summed E-state index contributed by atoms with van der Waals surface area (Å²) in [6.07, 6.45) is 3.49. The van der Waals surface area contributed by atoms with Crippen LogP contribution in [0.4, 0.5) is 5.69 Å². The highest BCUT2D eigenvalue weighted by atomic mass is 16.5. The number of carbonyl (C=O) groups is 1. The first-order chi connectivity index (χ1) is 8.69. The highest BCUT2D eigenvalue weighted by Gasteiger charge is 2.18. The first-order valence-corrected chi connectivity index (χ1v) is 6.76. The SMILES string of the molecule is CC.CCC1CCc2cc(NC(C)=O)ccc2O1. The summed E-state index contributed by atoms with van der Waals surface area (Å²) in [6.45, 7) is 7.66. The number of hydrogen-bond donors (Lipinski definition) is 1. The third kappa shape index (κ3) is 3.76. The fourth-order valence-corrected chi connectivity index (χ4v) is 2.01. The normalized spacial score (nSPS) is 16.8. The lowest BCUT2D eigenvalue weighted by molar-refractivity contribution is -0.114. The van der Waals surface area contributed by atoms with Gasteiger partial charge in [-0.2, -0.15) is 0 Å². The first kappa shape index (κ1) is 14.6. The Morgan fingerprint density at radius 2 is 2.17 bits per heavy atom. The van der Waals surface area contributed by atoms with E-state index in [0.717, 1.165) is 30.7 Å². The minimum Gasteiger partial charge on any atom is -0.490 e. The molecule has 0 spiro atoms. The van der Waals surface area contributed by atoms with Gasteiger partial charge in [0, 0.05) is 12.6 Å². The molecule has 0 aliphatic carbocycles. The molecule has 1 aliphatic heterocycles. The zero-order valence-electron chi connectivity index (χ0n) is 11.7. The molecule has 0 fully saturated rings. The summed E-state index contributed by atoms with van der Waals surface area (Å²) < 4.78 is 5.83. The maximum atomic E-state index is 10.9. The molecular formula is C15H23NO2. The Kier molecular flexibility index (Phi) is 5.69. The van der Waals surface area contributed by atoms with E-state index in [9.17, 15) is 4.79 Å². The minimum absolute atomic E-state index is 0.0388. The largest absolute Gasteiger partial charge is 0.490 e. The molecule has 1 atom stereocenters. The smallest absolute Gasteiger partial charge is 0.221 e. The van der Waals surface area contributed by atoms with Crippen LogP contribution < -0.4 is 10.1 Å². The van der Waals surface area contributed by atoms with E-state index in [1.165, 1.54) is 12.5 Å². The van der Waals surface area contributed by atoms with E-state index in [4.69, 9.17) is 4.74 Å². The maximum absolute atomic E-state index is 10.9. The first-order valence-electron chi connectivity index (χ1n) is 6.76. The number of rotatable bonds is 2. The average Bonchev–Trinajstić information content (AvgIpc) is 2.39. The fraction of sp³-hybridized carbons (Fsp3) is 0.533. The monoisotopic (exact) mass is 249 g/mol. The molecule has 1 heterocycles. The van der Waals surface area contributed by atoms with Crippen molar-refractivity contribution >= 4 is 11.6 Å². The van der Waals surface area contributed by atoms with E-state index >= 15 is 0 Å². The minimum atomic E-state index is -0.0388. The summed E-state index contributed by atoms with van der Waals surface area (Å²) in [6, 6.07) is 5.84. The van der Waals surface area contributed by atoms with E-state index in [1.54, 1.807) is 0 Å². The van der Waals surface area contributed by atoms with E-state index in [2.05, 4.69) is 12.2 Å². The Bertz CT molecular complexity index is 401. The van der Waals surface area contributed by atoms with Gasteiger partial charge >= 0.3 is 0 Å². The van der Waals surface area contributed by atoms with Crippen LogP contribution in [0.3, 0.4) is 0 Å². The van der Waals surface area contributed by atoms with Crippen LogP contribution in [0.15, 0.2) is 18.2 Å². The van der Waals surface area contributed by atoms with Gasteiger partial charge in [-0.3, -0.25) is 4.79 Å². The van der Waals surface area contributed by atoms with Crippen LogP contribution in [0.2, 0.25) is 0 Å². The predicted molar refractivity (Wildman–Crippen MR) is 75.1 cm³/mol. The highest BCUT2D eigenvalue weighted by Crippen LogP contribution is 2.30. The van der Waals surface area contributed by atoms with Crippen molar-refractivity contribution in [1.82, 2.24) is 0 Å². The standard InChI is InChI=1S/C13H17NO2.C2H6/c1-3-12-6-4-10-8-11(14-9(2)15)5-7-13(10)16-12;1-2/h5,7-8,12H,3-4,6H2,1-2H3,(H,14,15);1-2H3. The third-order valence-corrected chi connectivity index (χ3v) is 2.87. The van der Waals surface area contributed by atoms with Crippen molar-refractivity contribution < 1.29 is 9.53 Å². The van der Waals surface area contributed by atoms with Crippen molar-refractivity contribution in [2.75, 3.05) is 5.32 Å². The second-order valence-electron chi connectivity index (χ2n) is 4.19. The second-order valence-corrected chi connectivity index (χ2v) is 4.19. The number of ether oxygens (including phenoxy) is 1. The maximum Gasteiger partial charge on any atom is 0.221 e. The number of anilines is 1. The molecule has 100 valence electrons. The average molecular weight is 249 g/mol. The molecule has 3 nitrogen and oxygen atoms in total. The molecule has 18 heavy (non-hydrogen) atoms. The molecule has 1 aliphatic rings. The molecule has 2 rings (SSSR count). The summed E-state index contributed by atoms with van der Waals surface area (Å²) >= 11 is 0. The van der Waals surface area contributed by atoms with Gasteiger partial charge < -0.3 is 10.1 Å². The molecule has 3 heteroatoms. The van der Waals surface area contributed by atoms with Crippen molar-refractivity contribution in [2.24, 2.45) is 0 Å². The van der Waals surface area contributed by atoms with Crippen LogP contribution in [0.1, 0.15) is 46.1 Å². The van der Waals surface area contributed by atoms with Crippen molar-refractivity contribution in [3.05, 3.63) is 23.8 Å². The highest BCUT2D eigenvalue weighted by molar-refractivity contribution is 5.88. The number of amides is 1. The Morgan fingerprint density at radius 3 is 2.78 bits per heavy atom. The molecule has 1 N–H and O–H groups in total. The van der Waals surface area contributed by atoms with Crippen LogP contribution in [0, 0.1) is 0 Å². The Hall–Kier alpha value is -1.51.